The lowest BCUT2D eigenvalue weighted by Gasteiger charge is -2.04. The minimum Gasteiger partial charge on any atom is -0.508 e. The van der Waals surface area contributed by atoms with E-state index in [2.05, 4.69) is 5.32 Å². The summed E-state index contributed by atoms with van der Waals surface area (Å²) < 4.78 is 0. The molecule has 0 atom stereocenters. The summed E-state index contributed by atoms with van der Waals surface area (Å²) in [5, 5.41) is 31.4. The van der Waals surface area contributed by atoms with Gasteiger partial charge in [-0.1, -0.05) is 0 Å². The number of nitro groups is 1. The normalized spacial score (nSPS) is 10.7. The lowest BCUT2D eigenvalue weighted by atomic mass is 10.1. The molecule has 23 heavy (non-hydrogen) atoms. The van der Waals surface area contributed by atoms with Crippen LogP contribution in [0.5, 0.6) is 5.75 Å². The van der Waals surface area contributed by atoms with Crippen LogP contribution in [0, 0.1) is 21.4 Å². The Balaban J connectivity index is 2.17. The number of phenolic OH excluding ortho intramolecular Hbond substituents is 1. The molecule has 2 aromatic carbocycles. The van der Waals surface area contributed by atoms with E-state index in [1.54, 1.807) is 6.07 Å². The Morgan fingerprint density at radius 1 is 1.17 bits per heavy atom. The predicted octanol–water partition coefficient (Wildman–Crippen LogP) is 2.85. The van der Waals surface area contributed by atoms with Crippen molar-refractivity contribution < 1.29 is 14.8 Å². The number of nitro benzene ring substituents is 1. The van der Waals surface area contributed by atoms with E-state index in [1.807, 2.05) is 0 Å². The van der Waals surface area contributed by atoms with Crippen LogP contribution in [0.4, 0.5) is 11.4 Å². The van der Waals surface area contributed by atoms with Crippen molar-refractivity contribution in [2.45, 2.75) is 0 Å². The lowest BCUT2D eigenvalue weighted by Crippen LogP contribution is -2.13. The fourth-order valence-electron chi connectivity index (χ4n) is 1.75. The van der Waals surface area contributed by atoms with Gasteiger partial charge in [0.2, 0.25) is 0 Å². The summed E-state index contributed by atoms with van der Waals surface area (Å²) in [5.41, 5.74) is 0.701. The highest BCUT2D eigenvalue weighted by Crippen LogP contribution is 2.17. The Kier molecular flexibility index (Phi) is 4.69. The Hall–Kier alpha value is -3.66. The van der Waals surface area contributed by atoms with Crippen LogP contribution in [0.1, 0.15) is 5.56 Å². The third-order valence-corrected chi connectivity index (χ3v) is 2.91. The molecule has 0 radical (unpaired) electrons. The maximum absolute atomic E-state index is 12.0. The molecule has 0 saturated carbocycles. The number of phenols is 1. The summed E-state index contributed by atoms with van der Waals surface area (Å²) in [6.07, 6.45) is 1.33. The summed E-state index contributed by atoms with van der Waals surface area (Å²) in [6, 6.07) is 13.1. The fourth-order valence-corrected chi connectivity index (χ4v) is 1.75. The molecule has 0 fully saturated rings. The number of anilines is 1. The van der Waals surface area contributed by atoms with Gasteiger partial charge in [0.05, 0.1) is 4.92 Å². The van der Waals surface area contributed by atoms with Gasteiger partial charge in [-0.2, -0.15) is 5.26 Å². The number of nitriles is 1. The third kappa shape index (κ3) is 4.15. The number of aromatic hydroxyl groups is 1. The number of benzene rings is 2. The maximum atomic E-state index is 12.0. The summed E-state index contributed by atoms with van der Waals surface area (Å²) in [7, 11) is 0. The van der Waals surface area contributed by atoms with Crippen molar-refractivity contribution in [3.05, 3.63) is 69.8 Å². The molecular formula is C16H11N3O4. The molecule has 0 heterocycles. The van der Waals surface area contributed by atoms with E-state index < -0.39 is 10.8 Å². The third-order valence-electron chi connectivity index (χ3n) is 2.91. The molecule has 2 rings (SSSR count). The molecule has 1 amide bonds. The Labute approximate surface area is 131 Å². The van der Waals surface area contributed by atoms with E-state index in [0.29, 0.717) is 11.3 Å². The number of hydrogen-bond donors (Lipinski definition) is 2. The van der Waals surface area contributed by atoms with Crippen molar-refractivity contribution in [3.63, 3.8) is 0 Å². The second-order valence-electron chi connectivity index (χ2n) is 4.52. The second kappa shape index (κ2) is 6.87. The minimum atomic E-state index is -0.614. The first-order chi connectivity index (χ1) is 11.0. The van der Waals surface area contributed by atoms with Crippen molar-refractivity contribution >= 4 is 23.4 Å². The Bertz CT molecular complexity index is 803. The molecule has 0 spiro atoms. The Morgan fingerprint density at radius 3 is 2.30 bits per heavy atom. The topological polar surface area (TPSA) is 116 Å². The molecule has 0 saturated heterocycles. The number of non-ortho nitro benzene ring substituents is 1. The number of carbonyl (C=O) groups is 1. The first-order valence-electron chi connectivity index (χ1n) is 6.46. The molecule has 0 bridgehead atoms. The SMILES string of the molecule is N#C/C(=C/c1ccc([N+](=O)[O-])cc1)C(=O)Nc1ccc(O)cc1. The van der Waals surface area contributed by atoms with Crippen molar-refractivity contribution in [3.8, 4) is 11.8 Å². The van der Waals surface area contributed by atoms with Crippen molar-refractivity contribution in [1.82, 2.24) is 0 Å². The van der Waals surface area contributed by atoms with E-state index in [9.17, 15) is 20.0 Å². The molecule has 0 aromatic heterocycles. The van der Waals surface area contributed by atoms with E-state index in [1.165, 1.54) is 54.6 Å². The second-order valence-corrected chi connectivity index (χ2v) is 4.52. The van der Waals surface area contributed by atoms with Crippen molar-refractivity contribution in [2.75, 3.05) is 5.32 Å². The predicted molar refractivity (Wildman–Crippen MR) is 83.4 cm³/mol. The van der Waals surface area contributed by atoms with Crippen LogP contribution in [0.3, 0.4) is 0 Å². The summed E-state index contributed by atoms with van der Waals surface area (Å²) in [4.78, 5) is 22.1. The number of nitrogens with zero attached hydrogens (tertiary/aromatic N) is 2. The highest BCUT2D eigenvalue weighted by atomic mass is 16.6. The zero-order valence-electron chi connectivity index (χ0n) is 11.8. The number of carbonyl (C=O) groups excluding carboxylic acids is 1. The van der Waals surface area contributed by atoms with Crippen LogP contribution in [0.2, 0.25) is 0 Å². The summed E-state index contributed by atoms with van der Waals surface area (Å²) in [5.74, 6) is -0.554. The zero-order valence-corrected chi connectivity index (χ0v) is 11.8. The van der Waals surface area contributed by atoms with E-state index in [0.717, 1.165) is 0 Å². The minimum absolute atomic E-state index is 0.0601. The molecule has 0 aliphatic heterocycles. The van der Waals surface area contributed by atoms with E-state index in [-0.39, 0.29) is 17.0 Å². The van der Waals surface area contributed by atoms with Crippen molar-refractivity contribution in [2.24, 2.45) is 0 Å². The van der Waals surface area contributed by atoms with Crippen LogP contribution in [0.15, 0.2) is 54.1 Å². The van der Waals surface area contributed by atoms with Gasteiger partial charge in [0.1, 0.15) is 17.4 Å². The smallest absolute Gasteiger partial charge is 0.269 e. The zero-order chi connectivity index (χ0) is 16.8. The fraction of sp³-hybridized carbons (Fsp3) is 0. The van der Waals surface area contributed by atoms with Gasteiger partial charge in [0.15, 0.2) is 0 Å². The van der Waals surface area contributed by atoms with Crippen molar-refractivity contribution in [1.29, 1.82) is 5.26 Å². The average molecular weight is 309 g/mol. The monoisotopic (exact) mass is 309 g/mol. The van der Waals surface area contributed by atoms with Crippen LogP contribution >= 0.6 is 0 Å². The van der Waals surface area contributed by atoms with Crippen LogP contribution in [0.25, 0.3) is 6.08 Å². The average Bonchev–Trinajstić information content (AvgIpc) is 2.55. The van der Waals surface area contributed by atoms with Gasteiger partial charge in [-0.05, 0) is 48.0 Å². The van der Waals surface area contributed by atoms with Crippen LogP contribution < -0.4 is 5.32 Å². The molecule has 0 unspecified atom stereocenters. The highest BCUT2D eigenvalue weighted by Gasteiger charge is 2.10. The van der Waals surface area contributed by atoms with Gasteiger partial charge < -0.3 is 10.4 Å². The molecule has 2 N–H and O–H groups in total. The molecule has 7 nitrogen and oxygen atoms in total. The first-order valence-corrected chi connectivity index (χ1v) is 6.46. The highest BCUT2D eigenvalue weighted by molar-refractivity contribution is 6.09. The maximum Gasteiger partial charge on any atom is 0.269 e. The summed E-state index contributed by atoms with van der Waals surface area (Å²) >= 11 is 0. The lowest BCUT2D eigenvalue weighted by molar-refractivity contribution is -0.384. The Morgan fingerprint density at radius 2 is 1.78 bits per heavy atom. The van der Waals surface area contributed by atoms with E-state index >= 15 is 0 Å². The quantitative estimate of drug-likeness (QED) is 0.296. The first kappa shape index (κ1) is 15.7. The van der Waals surface area contributed by atoms with Gasteiger partial charge >= 0.3 is 0 Å². The largest absolute Gasteiger partial charge is 0.508 e. The number of rotatable bonds is 4. The van der Waals surface area contributed by atoms with Crippen LogP contribution in [-0.2, 0) is 4.79 Å². The van der Waals surface area contributed by atoms with E-state index in [4.69, 9.17) is 5.26 Å². The molecular weight excluding hydrogens is 298 g/mol. The van der Waals surface area contributed by atoms with Crippen LogP contribution in [-0.4, -0.2) is 15.9 Å². The van der Waals surface area contributed by atoms with Gasteiger partial charge in [0, 0.05) is 17.8 Å². The van der Waals surface area contributed by atoms with Gasteiger partial charge in [-0.3, -0.25) is 14.9 Å². The number of nitrogens with one attached hydrogen (secondary N) is 1. The molecule has 2 aromatic rings. The van der Waals surface area contributed by atoms with Gasteiger partial charge in [0.25, 0.3) is 11.6 Å². The van der Waals surface area contributed by atoms with Gasteiger partial charge in [-0.25, -0.2) is 0 Å². The molecule has 114 valence electrons. The standard InChI is InChI=1S/C16H11N3O4/c17-10-12(9-11-1-5-14(6-2-11)19(22)23)16(21)18-13-3-7-15(20)8-4-13/h1-9,20H,(H,18,21)/b12-9-. The molecule has 0 aliphatic rings. The number of hydrogen-bond acceptors (Lipinski definition) is 5. The van der Waals surface area contributed by atoms with Gasteiger partial charge in [-0.15, -0.1) is 0 Å². The molecule has 7 heteroatoms. The number of amides is 1. The summed E-state index contributed by atoms with van der Waals surface area (Å²) in [6.45, 7) is 0. The molecule has 0 aliphatic carbocycles.